The average molecular weight is 345 g/mol. The number of amides is 1. The molecule has 0 unspecified atom stereocenters. The van der Waals surface area contributed by atoms with E-state index in [0.717, 1.165) is 5.56 Å². The lowest BCUT2D eigenvalue weighted by atomic mass is 10.1. The molecule has 0 saturated carbocycles. The Morgan fingerprint density at radius 1 is 1.24 bits per heavy atom. The summed E-state index contributed by atoms with van der Waals surface area (Å²) in [6.45, 7) is 0.311. The van der Waals surface area contributed by atoms with Crippen molar-refractivity contribution in [3.63, 3.8) is 0 Å². The van der Waals surface area contributed by atoms with E-state index in [1.807, 2.05) is 0 Å². The summed E-state index contributed by atoms with van der Waals surface area (Å²) in [5.74, 6) is 5.39. The molecule has 0 heterocycles. The Morgan fingerprint density at radius 3 is 2.57 bits per heavy atom. The van der Waals surface area contributed by atoms with Gasteiger partial charge in [0.05, 0.1) is 11.0 Å². The molecule has 106 valence electrons. The van der Waals surface area contributed by atoms with Crippen LogP contribution < -0.4 is 11.1 Å². The van der Waals surface area contributed by atoms with Gasteiger partial charge < -0.3 is 16.2 Å². The molecule has 0 spiro atoms. The van der Waals surface area contributed by atoms with Crippen LogP contribution in [0, 0.1) is 11.8 Å². The highest BCUT2D eigenvalue weighted by Gasteiger charge is 2.08. The van der Waals surface area contributed by atoms with E-state index in [2.05, 4.69) is 33.1 Å². The summed E-state index contributed by atoms with van der Waals surface area (Å²) in [5.41, 5.74) is 7.17. The first kappa shape index (κ1) is 15.1. The molecule has 4 N–H and O–H groups in total. The zero-order chi connectivity index (χ0) is 15.2. The van der Waals surface area contributed by atoms with Crippen molar-refractivity contribution in [2.45, 2.75) is 0 Å². The molecule has 5 heteroatoms. The Labute approximate surface area is 131 Å². The van der Waals surface area contributed by atoms with E-state index in [9.17, 15) is 9.90 Å². The lowest BCUT2D eigenvalue weighted by Crippen LogP contribution is -2.11. The number of phenols is 1. The van der Waals surface area contributed by atoms with Crippen molar-refractivity contribution in [1.82, 2.24) is 0 Å². The van der Waals surface area contributed by atoms with E-state index in [1.54, 1.807) is 36.4 Å². The summed E-state index contributed by atoms with van der Waals surface area (Å²) in [5, 5.41) is 12.3. The first-order valence-corrected chi connectivity index (χ1v) is 6.98. The third kappa shape index (κ3) is 4.09. The number of carbonyl (C=O) groups is 1. The van der Waals surface area contributed by atoms with Gasteiger partial charge in [-0.15, -0.1) is 0 Å². The normalized spacial score (nSPS) is 9.62. The number of hydrogen-bond donors (Lipinski definition) is 3. The van der Waals surface area contributed by atoms with E-state index in [4.69, 9.17) is 5.73 Å². The van der Waals surface area contributed by atoms with Crippen molar-refractivity contribution in [2.24, 2.45) is 5.73 Å². The highest BCUT2D eigenvalue weighted by molar-refractivity contribution is 9.10. The van der Waals surface area contributed by atoms with Gasteiger partial charge in [0.2, 0.25) is 0 Å². The summed E-state index contributed by atoms with van der Waals surface area (Å²) >= 11 is 3.17. The third-order valence-corrected chi connectivity index (χ3v) is 3.36. The maximum absolute atomic E-state index is 12.1. The van der Waals surface area contributed by atoms with Gasteiger partial charge in [-0.25, -0.2) is 0 Å². The Kier molecular flexibility index (Phi) is 4.99. The molecule has 2 aromatic carbocycles. The number of anilines is 1. The number of halogens is 1. The number of nitrogens with two attached hydrogens (primary N) is 1. The fourth-order valence-electron chi connectivity index (χ4n) is 1.65. The van der Waals surface area contributed by atoms with Crippen LogP contribution in [-0.4, -0.2) is 17.6 Å². The second kappa shape index (κ2) is 6.93. The van der Waals surface area contributed by atoms with Gasteiger partial charge in [0.25, 0.3) is 5.91 Å². The first-order valence-electron chi connectivity index (χ1n) is 6.19. The van der Waals surface area contributed by atoms with Crippen LogP contribution in [0.15, 0.2) is 46.9 Å². The monoisotopic (exact) mass is 344 g/mol. The molecule has 0 aliphatic heterocycles. The smallest absolute Gasteiger partial charge is 0.255 e. The molecule has 2 aromatic rings. The molecular weight excluding hydrogens is 332 g/mol. The Balaban J connectivity index is 2.10. The molecule has 0 aromatic heterocycles. The van der Waals surface area contributed by atoms with Gasteiger partial charge in [-0.1, -0.05) is 11.8 Å². The van der Waals surface area contributed by atoms with Gasteiger partial charge in [-0.05, 0) is 58.4 Å². The summed E-state index contributed by atoms with van der Waals surface area (Å²) < 4.78 is 0.543. The van der Waals surface area contributed by atoms with Gasteiger partial charge in [-0.3, -0.25) is 4.79 Å². The van der Waals surface area contributed by atoms with Crippen LogP contribution in [0.2, 0.25) is 0 Å². The Hall–Kier alpha value is -2.29. The van der Waals surface area contributed by atoms with E-state index >= 15 is 0 Å². The van der Waals surface area contributed by atoms with E-state index in [-0.39, 0.29) is 11.7 Å². The molecule has 0 bridgehead atoms. The molecular formula is C16H13BrN2O2. The van der Waals surface area contributed by atoms with Gasteiger partial charge in [0.15, 0.2) is 0 Å². The van der Waals surface area contributed by atoms with Crippen LogP contribution >= 0.6 is 15.9 Å². The molecule has 0 aliphatic carbocycles. The predicted octanol–water partition coefficient (Wildman–Crippen LogP) is 2.72. The largest absolute Gasteiger partial charge is 0.507 e. The zero-order valence-electron chi connectivity index (χ0n) is 11.1. The quantitative estimate of drug-likeness (QED) is 0.733. The summed E-state index contributed by atoms with van der Waals surface area (Å²) in [6, 6.07) is 11.8. The van der Waals surface area contributed by atoms with Crippen molar-refractivity contribution in [3.8, 4) is 17.6 Å². The fourth-order valence-corrected chi connectivity index (χ4v) is 1.89. The molecule has 0 fully saturated rings. The van der Waals surface area contributed by atoms with Crippen molar-refractivity contribution in [3.05, 3.63) is 58.1 Å². The third-order valence-electron chi connectivity index (χ3n) is 2.69. The fraction of sp³-hybridized carbons (Fsp3) is 0.0625. The van der Waals surface area contributed by atoms with Crippen LogP contribution in [-0.2, 0) is 0 Å². The van der Waals surface area contributed by atoms with E-state index in [0.29, 0.717) is 22.3 Å². The van der Waals surface area contributed by atoms with E-state index < -0.39 is 0 Å². The Morgan fingerprint density at radius 2 is 1.95 bits per heavy atom. The molecule has 0 saturated heterocycles. The van der Waals surface area contributed by atoms with Crippen LogP contribution in [0.3, 0.4) is 0 Å². The van der Waals surface area contributed by atoms with Gasteiger partial charge >= 0.3 is 0 Å². The number of hydrogen-bond acceptors (Lipinski definition) is 3. The van der Waals surface area contributed by atoms with Gasteiger partial charge in [0.1, 0.15) is 5.75 Å². The number of rotatable bonds is 2. The van der Waals surface area contributed by atoms with Crippen molar-refractivity contribution >= 4 is 27.5 Å². The average Bonchev–Trinajstić information content (AvgIpc) is 2.49. The van der Waals surface area contributed by atoms with Crippen LogP contribution in [0.25, 0.3) is 0 Å². The molecule has 0 radical (unpaired) electrons. The number of phenolic OH excluding ortho intramolecular Hbond substituents is 1. The van der Waals surface area contributed by atoms with Crippen LogP contribution in [0.4, 0.5) is 5.69 Å². The second-order valence-electron chi connectivity index (χ2n) is 4.20. The second-order valence-corrected chi connectivity index (χ2v) is 5.06. The zero-order valence-corrected chi connectivity index (χ0v) is 12.6. The summed E-state index contributed by atoms with van der Waals surface area (Å²) in [7, 11) is 0. The molecule has 0 atom stereocenters. The van der Waals surface area contributed by atoms with Gasteiger partial charge in [-0.2, -0.15) is 0 Å². The molecule has 1 amide bonds. The number of nitrogens with one attached hydrogen (secondary N) is 1. The lowest BCUT2D eigenvalue weighted by molar-refractivity contribution is 0.102. The highest BCUT2D eigenvalue weighted by atomic mass is 79.9. The molecule has 0 aliphatic rings. The minimum absolute atomic E-state index is 0.0232. The number of carbonyl (C=O) groups excluding carboxylic acids is 1. The number of aromatic hydroxyl groups is 1. The summed E-state index contributed by atoms with van der Waals surface area (Å²) in [6.07, 6.45) is 0. The number of benzene rings is 2. The first-order chi connectivity index (χ1) is 10.1. The minimum atomic E-state index is -0.293. The van der Waals surface area contributed by atoms with Crippen LogP contribution in [0.5, 0.6) is 5.75 Å². The summed E-state index contributed by atoms with van der Waals surface area (Å²) in [4.78, 5) is 12.1. The van der Waals surface area contributed by atoms with Gasteiger partial charge in [0, 0.05) is 16.8 Å². The van der Waals surface area contributed by atoms with Crippen LogP contribution in [0.1, 0.15) is 15.9 Å². The minimum Gasteiger partial charge on any atom is -0.507 e. The van der Waals surface area contributed by atoms with Crippen molar-refractivity contribution in [1.29, 1.82) is 0 Å². The van der Waals surface area contributed by atoms with E-state index in [1.165, 1.54) is 6.07 Å². The SMILES string of the molecule is NCC#Cc1ccc(NC(=O)c2ccc(Br)c(O)c2)cc1. The Bertz CT molecular complexity index is 715. The van der Waals surface area contributed by atoms with Crippen molar-refractivity contribution < 1.29 is 9.90 Å². The predicted molar refractivity (Wildman–Crippen MR) is 86.1 cm³/mol. The van der Waals surface area contributed by atoms with Crippen molar-refractivity contribution in [2.75, 3.05) is 11.9 Å². The lowest BCUT2D eigenvalue weighted by Gasteiger charge is -2.06. The highest BCUT2D eigenvalue weighted by Crippen LogP contribution is 2.24. The standard InChI is InChI=1S/C16H13BrN2O2/c17-14-8-5-12(10-15(14)20)16(21)19-13-6-3-11(4-7-13)2-1-9-18/h3-8,10,20H,9,18H2,(H,19,21). The molecule has 21 heavy (non-hydrogen) atoms. The topological polar surface area (TPSA) is 75.3 Å². The maximum atomic E-state index is 12.1. The molecule has 2 rings (SSSR count). The maximum Gasteiger partial charge on any atom is 0.255 e. The molecule has 4 nitrogen and oxygen atoms in total.